The van der Waals surface area contributed by atoms with E-state index in [4.69, 9.17) is 4.74 Å². The number of alkyl halides is 3. The molecule has 1 heterocycles. The van der Waals surface area contributed by atoms with E-state index in [-0.39, 0.29) is 30.7 Å². The summed E-state index contributed by atoms with van der Waals surface area (Å²) in [5.41, 5.74) is 0.329. The van der Waals surface area contributed by atoms with Crippen LogP contribution in [0.25, 0.3) is 10.6 Å². The Bertz CT molecular complexity index is 1000. The van der Waals surface area contributed by atoms with Crippen molar-refractivity contribution < 1.29 is 27.1 Å². The van der Waals surface area contributed by atoms with Gasteiger partial charge in [0.05, 0.1) is 23.7 Å². The van der Waals surface area contributed by atoms with Crippen LogP contribution in [0.2, 0.25) is 0 Å². The second-order valence-electron chi connectivity index (χ2n) is 6.61. The van der Waals surface area contributed by atoms with E-state index in [2.05, 4.69) is 10.3 Å². The van der Waals surface area contributed by atoms with E-state index in [9.17, 15) is 22.4 Å². The molecule has 0 radical (unpaired) electrons. The predicted molar refractivity (Wildman–Crippen MR) is 106 cm³/mol. The summed E-state index contributed by atoms with van der Waals surface area (Å²) in [6, 6.07) is 10.3. The van der Waals surface area contributed by atoms with Crippen molar-refractivity contribution in [3.63, 3.8) is 0 Å². The van der Waals surface area contributed by atoms with Gasteiger partial charge in [0.15, 0.2) is 11.6 Å². The third kappa shape index (κ3) is 5.79. The lowest BCUT2D eigenvalue weighted by atomic mass is 10.1. The van der Waals surface area contributed by atoms with E-state index >= 15 is 0 Å². The van der Waals surface area contributed by atoms with Crippen LogP contribution in [-0.4, -0.2) is 23.5 Å². The quantitative estimate of drug-likeness (QED) is 0.523. The fraction of sp³-hybridized carbons (Fsp3) is 0.238. The number of carbonyl (C=O) groups is 1. The molecular weight excluding hydrogens is 420 g/mol. The average molecular weight is 438 g/mol. The van der Waals surface area contributed by atoms with Crippen molar-refractivity contribution in [1.29, 1.82) is 0 Å². The first kappa shape index (κ1) is 21.8. The van der Waals surface area contributed by atoms with Gasteiger partial charge in [-0.2, -0.15) is 13.2 Å². The van der Waals surface area contributed by atoms with Crippen molar-refractivity contribution in [2.75, 3.05) is 6.61 Å². The number of nitrogens with one attached hydrogen (secondary N) is 1. The largest absolute Gasteiger partial charge is 0.488 e. The van der Waals surface area contributed by atoms with E-state index < -0.39 is 17.6 Å². The molecule has 1 atom stereocenters. The minimum atomic E-state index is -4.39. The van der Waals surface area contributed by atoms with Gasteiger partial charge in [-0.25, -0.2) is 9.37 Å². The fourth-order valence-corrected chi connectivity index (χ4v) is 3.46. The normalized spacial score (nSPS) is 12.4. The maximum Gasteiger partial charge on any atom is 0.416 e. The highest BCUT2D eigenvalue weighted by molar-refractivity contribution is 7.13. The lowest BCUT2D eigenvalue weighted by Gasteiger charge is -2.15. The van der Waals surface area contributed by atoms with Crippen molar-refractivity contribution in [3.8, 4) is 16.3 Å². The Labute approximate surface area is 174 Å². The van der Waals surface area contributed by atoms with Crippen LogP contribution in [0.3, 0.4) is 0 Å². The Balaban J connectivity index is 1.52. The number of carbonyl (C=O) groups excluding carboxylic acids is 1. The highest BCUT2D eigenvalue weighted by Crippen LogP contribution is 2.31. The standard InChI is InChI=1S/C21H18F4N2O2S/c1-13(11-29-18-5-3-2-4-17(18)22)26-19(28)10-16-12-30-20(27-16)14-6-8-15(9-7-14)21(23,24)25/h2-9,12-13H,10-11H2,1H3,(H,26,28). The zero-order valence-corrected chi connectivity index (χ0v) is 16.7. The molecule has 0 spiro atoms. The molecule has 1 amide bonds. The molecule has 0 bridgehead atoms. The van der Waals surface area contributed by atoms with Crippen LogP contribution in [0.5, 0.6) is 5.75 Å². The number of amides is 1. The fourth-order valence-electron chi connectivity index (χ4n) is 2.63. The third-order valence-electron chi connectivity index (χ3n) is 4.09. The van der Waals surface area contributed by atoms with Gasteiger partial charge >= 0.3 is 6.18 Å². The molecule has 2 aromatic carbocycles. The molecule has 30 heavy (non-hydrogen) atoms. The Morgan fingerprint density at radius 1 is 1.17 bits per heavy atom. The maximum atomic E-state index is 13.5. The molecule has 3 rings (SSSR count). The Hall–Kier alpha value is -2.94. The zero-order chi connectivity index (χ0) is 21.7. The van der Waals surface area contributed by atoms with Crippen molar-refractivity contribution in [2.45, 2.75) is 25.6 Å². The Morgan fingerprint density at radius 2 is 1.87 bits per heavy atom. The van der Waals surface area contributed by atoms with Crippen LogP contribution in [0.4, 0.5) is 17.6 Å². The minimum Gasteiger partial charge on any atom is -0.488 e. The van der Waals surface area contributed by atoms with Gasteiger partial charge in [-0.05, 0) is 31.2 Å². The van der Waals surface area contributed by atoms with Gasteiger partial charge in [-0.15, -0.1) is 11.3 Å². The number of nitrogens with zero attached hydrogens (tertiary/aromatic N) is 1. The monoisotopic (exact) mass is 438 g/mol. The molecule has 0 aliphatic rings. The molecule has 0 saturated heterocycles. The number of ether oxygens (including phenoxy) is 1. The summed E-state index contributed by atoms with van der Waals surface area (Å²) in [7, 11) is 0. The third-order valence-corrected chi connectivity index (χ3v) is 5.03. The topological polar surface area (TPSA) is 51.2 Å². The summed E-state index contributed by atoms with van der Waals surface area (Å²) in [5, 5.41) is 4.96. The average Bonchev–Trinajstić information content (AvgIpc) is 3.15. The van der Waals surface area contributed by atoms with Crippen LogP contribution in [0.1, 0.15) is 18.2 Å². The van der Waals surface area contributed by atoms with Gasteiger partial charge in [-0.1, -0.05) is 24.3 Å². The first-order valence-corrected chi connectivity index (χ1v) is 9.89. The van der Waals surface area contributed by atoms with Gasteiger partial charge in [0, 0.05) is 10.9 Å². The van der Waals surface area contributed by atoms with Gasteiger partial charge in [0.2, 0.25) is 5.91 Å². The summed E-state index contributed by atoms with van der Waals surface area (Å²) >= 11 is 1.25. The summed E-state index contributed by atoms with van der Waals surface area (Å²) < 4.78 is 56.9. The summed E-state index contributed by atoms with van der Waals surface area (Å²) in [6.07, 6.45) is -4.38. The molecular formula is C21H18F4N2O2S. The van der Waals surface area contributed by atoms with Crippen molar-refractivity contribution in [3.05, 3.63) is 71.0 Å². The van der Waals surface area contributed by atoms with E-state index in [0.717, 1.165) is 12.1 Å². The Morgan fingerprint density at radius 3 is 2.53 bits per heavy atom. The SMILES string of the molecule is CC(COc1ccccc1F)NC(=O)Cc1csc(-c2ccc(C(F)(F)F)cc2)n1. The lowest BCUT2D eigenvalue weighted by Crippen LogP contribution is -2.37. The number of hydrogen-bond donors (Lipinski definition) is 1. The molecule has 0 aliphatic carbocycles. The van der Waals surface area contributed by atoms with E-state index in [0.29, 0.717) is 16.3 Å². The number of para-hydroxylation sites is 1. The first-order chi connectivity index (χ1) is 14.2. The van der Waals surface area contributed by atoms with Gasteiger partial charge in [0.25, 0.3) is 0 Å². The van der Waals surface area contributed by atoms with E-state index in [1.54, 1.807) is 24.4 Å². The second-order valence-corrected chi connectivity index (χ2v) is 7.46. The van der Waals surface area contributed by atoms with Crippen LogP contribution in [-0.2, 0) is 17.4 Å². The number of aromatic nitrogens is 1. The number of rotatable bonds is 7. The summed E-state index contributed by atoms with van der Waals surface area (Å²) in [5.74, 6) is -0.655. The maximum absolute atomic E-state index is 13.5. The number of halogens is 4. The molecule has 1 aromatic heterocycles. The number of thiazole rings is 1. The smallest absolute Gasteiger partial charge is 0.416 e. The number of benzene rings is 2. The van der Waals surface area contributed by atoms with Gasteiger partial charge in [0.1, 0.15) is 11.6 Å². The molecule has 0 saturated carbocycles. The molecule has 1 unspecified atom stereocenters. The Kier molecular flexibility index (Phi) is 6.71. The molecule has 4 nitrogen and oxygen atoms in total. The summed E-state index contributed by atoms with van der Waals surface area (Å²) in [6.45, 7) is 1.83. The van der Waals surface area contributed by atoms with Gasteiger partial charge < -0.3 is 10.1 Å². The summed E-state index contributed by atoms with van der Waals surface area (Å²) in [4.78, 5) is 16.5. The van der Waals surface area contributed by atoms with Gasteiger partial charge in [-0.3, -0.25) is 4.79 Å². The van der Waals surface area contributed by atoms with Crippen molar-refractivity contribution in [2.24, 2.45) is 0 Å². The van der Waals surface area contributed by atoms with Crippen LogP contribution in [0, 0.1) is 5.82 Å². The van der Waals surface area contributed by atoms with Crippen molar-refractivity contribution in [1.82, 2.24) is 10.3 Å². The first-order valence-electron chi connectivity index (χ1n) is 9.01. The highest BCUT2D eigenvalue weighted by Gasteiger charge is 2.30. The molecule has 0 fully saturated rings. The molecule has 3 aromatic rings. The van der Waals surface area contributed by atoms with Crippen LogP contribution < -0.4 is 10.1 Å². The lowest BCUT2D eigenvalue weighted by molar-refractivity contribution is -0.137. The molecule has 0 aliphatic heterocycles. The second kappa shape index (κ2) is 9.25. The van der Waals surface area contributed by atoms with E-state index in [1.807, 2.05) is 0 Å². The van der Waals surface area contributed by atoms with Crippen LogP contribution in [0.15, 0.2) is 53.9 Å². The van der Waals surface area contributed by atoms with Crippen molar-refractivity contribution >= 4 is 17.2 Å². The van der Waals surface area contributed by atoms with Crippen LogP contribution >= 0.6 is 11.3 Å². The highest BCUT2D eigenvalue weighted by atomic mass is 32.1. The molecule has 9 heteroatoms. The zero-order valence-electron chi connectivity index (χ0n) is 15.9. The number of hydrogen-bond acceptors (Lipinski definition) is 4. The predicted octanol–water partition coefficient (Wildman–Crippen LogP) is 5.09. The van der Waals surface area contributed by atoms with E-state index in [1.165, 1.54) is 35.6 Å². The molecule has 158 valence electrons. The minimum absolute atomic E-state index is 0.0151. The molecule has 1 N–H and O–H groups in total.